The molecule has 2 saturated carbocycles. The van der Waals surface area contributed by atoms with E-state index in [4.69, 9.17) is 5.73 Å². The normalized spacial score (nSPS) is 33.3. The van der Waals surface area contributed by atoms with Crippen molar-refractivity contribution >= 4 is 5.91 Å². The average molecular weight is 210 g/mol. The second-order valence-corrected chi connectivity index (χ2v) is 5.13. The SMILES string of the molecule is NCCCC(=O)NCC1CC2CCC1C2. The minimum Gasteiger partial charge on any atom is -0.356 e. The highest BCUT2D eigenvalue weighted by atomic mass is 16.1. The Balaban J connectivity index is 1.64. The summed E-state index contributed by atoms with van der Waals surface area (Å²) >= 11 is 0. The first-order valence-corrected chi connectivity index (χ1v) is 6.26. The summed E-state index contributed by atoms with van der Waals surface area (Å²) in [6.45, 7) is 1.52. The summed E-state index contributed by atoms with van der Waals surface area (Å²) in [6, 6.07) is 0. The van der Waals surface area contributed by atoms with Gasteiger partial charge >= 0.3 is 0 Å². The third-order valence-corrected chi connectivity index (χ3v) is 4.05. The number of carbonyl (C=O) groups is 1. The van der Waals surface area contributed by atoms with Gasteiger partial charge in [-0.2, -0.15) is 0 Å². The van der Waals surface area contributed by atoms with E-state index in [9.17, 15) is 4.79 Å². The standard InChI is InChI=1S/C12H22N2O/c13-5-1-2-12(15)14-8-11-7-9-3-4-10(11)6-9/h9-11H,1-8,13H2,(H,14,15). The van der Waals surface area contributed by atoms with Gasteiger partial charge in [-0.1, -0.05) is 6.42 Å². The fourth-order valence-corrected chi connectivity index (χ4v) is 3.22. The van der Waals surface area contributed by atoms with Crippen LogP contribution in [0.15, 0.2) is 0 Å². The Morgan fingerprint density at radius 3 is 2.80 bits per heavy atom. The zero-order chi connectivity index (χ0) is 10.7. The van der Waals surface area contributed by atoms with Crippen LogP contribution in [0.25, 0.3) is 0 Å². The highest BCUT2D eigenvalue weighted by Gasteiger charge is 2.39. The molecule has 0 aromatic carbocycles. The fraction of sp³-hybridized carbons (Fsp3) is 0.917. The molecule has 2 rings (SSSR count). The number of rotatable bonds is 5. The first-order chi connectivity index (χ1) is 7.29. The van der Waals surface area contributed by atoms with Crippen molar-refractivity contribution < 1.29 is 4.79 Å². The van der Waals surface area contributed by atoms with Crippen molar-refractivity contribution in [2.45, 2.75) is 38.5 Å². The molecule has 0 aromatic heterocycles. The first-order valence-electron chi connectivity index (χ1n) is 6.26. The summed E-state index contributed by atoms with van der Waals surface area (Å²) in [5.41, 5.74) is 5.36. The van der Waals surface area contributed by atoms with Gasteiger partial charge in [0.2, 0.25) is 5.91 Å². The van der Waals surface area contributed by atoms with Crippen molar-refractivity contribution in [2.75, 3.05) is 13.1 Å². The van der Waals surface area contributed by atoms with Crippen LogP contribution in [0.5, 0.6) is 0 Å². The molecule has 0 saturated heterocycles. The summed E-state index contributed by atoms with van der Waals surface area (Å²) in [4.78, 5) is 11.4. The van der Waals surface area contributed by atoms with Crippen LogP contribution in [-0.2, 0) is 4.79 Å². The molecule has 2 bridgehead atoms. The second-order valence-electron chi connectivity index (χ2n) is 5.13. The molecule has 3 N–H and O–H groups in total. The van der Waals surface area contributed by atoms with Crippen molar-refractivity contribution in [1.29, 1.82) is 0 Å². The smallest absolute Gasteiger partial charge is 0.220 e. The van der Waals surface area contributed by atoms with Crippen LogP contribution in [0, 0.1) is 17.8 Å². The molecule has 0 heterocycles. The lowest BCUT2D eigenvalue weighted by molar-refractivity contribution is -0.121. The third-order valence-electron chi connectivity index (χ3n) is 4.05. The maximum absolute atomic E-state index is 11.4. The van der Waals surface area contributed by atoms with Crippen molar-refractivity contribution in [2.24, 2.45) is 23.5 Å². The first kappa shape index (κ1) is 10.9. The predicted octanol–water partition coefficient (Wildman–Crippen LogP) is 1.28. The van der Waals surface area contributed by atoms with E-state index >= 15 is 0 Å². The number of hydrogen-bond donors (Lipinski definition) is 2. The molecule has 2 fully saturated rings. The van der Waals surface area contributed by atoms with Gasteiger partial charge in [-0.15, -0.1) is 0 Å². The lowest BCUT2D eigenvalue weighted by Crippen LogP contribution is -2.31. The number of nitrogens with two attached hydrogens (primary N) is 1. The fourth-order valence-electron chi connectivity index (χ4n) is 3.22. The molecule has 86 valence electrons. The van der Waals surface area contributed by atoms with Crippen LogP contribution < -0.4 is 11.1 Å². The molecule has 2 aliphatic carbocycles. The molecule has 0 spiro atoms. The largest absolute Gasteiger partial charge is 0.356 e. The van der Waals surface area contributed by atoms with Gasteiger partial charge in [-0.25, -0.2) is 0 Å². The van der Waals surface area contributed by atoms with Crippen LogP contribution in [-0.4, -0.2) is 19.0 Å². The lowest BCUT2D eigenvalue weighted by Gasteiger charge is -2.21. The van der Waals surface area contributed by atoms with Crippen LogP contribution in [0.1, 0.15) is 38.5 Å². The molecule has 0 aromatic rings. The van der Waals surface area contributed by atoms with E-state index in [2.05, 4.69) is 5.32 Å². The minimum absolute atomic E-state index is 0.184. The molecule has 3 nitrogen and oxygen atoms in total. The summed E-state index contributed by atoms with van der Waals surface area (Å²) < 4.78 is 0. The number of fused-ring (bicyclic) bond motifs is 2. The van der Waals surface area contributed by atoms with Crippen LogP contribution in [0.4, 0.5) is 0 Å². The maximum Gasteiger partial charge on any atom is 0.220 e. The van der Waals surface area contributed by atoms with E-state index in [1.807, 2.05) is 0 Å². The van der Waals surface area contributed by atoms with Crippen LogP contribution in [0.3, 0.4) is 0 Å². The molecule has 0 aliphatic heterocycles. The number of hydrogen-bond acceptors (Lipinski definition) is 2. The van der Waals surface area contributed by atoms with Gasteiger partial charge in [0.15, 0.2) is 0 Å². The maximum atomic E-state index is 11.4. The van der Waals surface area contributed by atoms with Crippen molar-refractivity contribution in [3.05, 3.63) is 0 Å². The highest BCUT2D eigenvalue weighted by molar-refractivity contribution is 5.75. The van der Waals surface area contributed by atoms with Gasteiger partial charge in [-0.05, 0) is 50.0 Å². The Morgan fingerprint density at radius 1 is 1.33 bits per heavy atom. The number of nitrogens with one attached hydrogen (secondary N) is 1. The van der Waals surface area contributed by atoms with E-state index in [0.29, 0.717) is 13.0 Å². The molecular weight excluding hydrogens is 188 g/mol. The monoisotopic (exact) mass is 210 g/mol. The topological polar surface area (TPSA) is 55.1 Å². The van der Waals surface area contributed by atoms with Gasteiger partial charge in [0.05, 0.1) is 0 Å². The van der Waals surface area contributed by atoms with E-state index in [0.717, 1.165) is 30.7 Å². The number of amides is 1. The summed E-state index contributed by atoms with van der Waals surface area (Å²) in [5.74, 6) is 2.83. The van der Waals surface area contributed by atoms with E-state index in [1.165, 1.54) is 25.7 Å². The molecule has 3 atom stereocenters. The van der Waals surface area contributed by atoms with Crippen LogP contribution >= 0.6 is 0 Å². The Kier molecular flexibility index (Phi) is 3.62. The molecular formula is C12H22N2O. The van der Waals surface area contributed by atoms with Crippen molar-refractivity contribution in [1.82, 2.24) is 5.32 Å². The van der Waals surface area contributed by atoms with E-state index in [1.54, 1.807) is 0 Å². The van der Waals surface area contributed by atoms with Gasteiger partial charge < -0.3 is 11.1 Å². The molecule has 3 unspecified atom stereocenters. The van der Waals surface area contributed by atoms with Crippen molar-refractivity contribution in [3.63, 3.8) is 0 Å². The average Bonchev–Trinajstić information content (AvgIpc) is 2.84. The Bertz CT molecular complexity index is 230. The minimum atomic E-state index is 0.184. The Labute approximate surface area is 91.8 Å². The van der Waals surface area contributed by atoms with Gasteiger partial charge in [-0.3, -0.25) is 4.79 Å². The second kappa shape index (κ2) is 4.97. The van der Waals surface area contributed by atoms with Crippen molar-refractivity contribution in [3.8, 4) is 0 Å². The zero-order valence-corrected chi connectivity index (χ0v) is 9.37. The third kappa shape index (κ3) is 2.71. The van der Waals surface area contributed by atoms with E-state index in [-0.39, 0.29) is 5.91 Å². The highest BCUT2D eigenvalue weighted by Crippen LogP contribution is 2.47. The lowest BCUT2D eigenvalue weighted by atomic mass is 9.89. The molecule has 0 radical (unpaired) electrons. The quantitative estimate of drug-likeness (QED) is 0.718. The van der Waals surface area contributed by atoms with Gasteiger partial charge in [0.25, 0.3) is 0 Å². The Morgan fingerprint density at radius 2 is 2.20 bits per heavy atom. The summed E-state index contributed by atoms with van der Waals surface area (Å²) in [5, 5.41) is 3.05. The Hall–Kier alpha value is -0.570. The summed E-state index contributed by atoms with van der Waals surface area (Å²) in [6.07, 6.45) is 7.00. The van der Waals surface area contributed by atoms with Crippen LogP contribution in [0.2, 0.25) is 0 Å². The molecule has 1 amide bonds. The molecule has 2 aliphatic rings. The van der Waals surface area contributed by atoms with Gasteiger partial charge in [0, 0.05) is 13.0 Å². The molecule has 3 heteroatoms. The predicted molar refractivity (Wildman–Crippen MR) is 60.2 cm³/mol. The van der Waals surface area contributed by atoms with E-state index < -0.39 is 0 Å². The molecule has 15 heavy (non-hydrogen) atoms. The van der Waals surface area contributed by atoms with Gasteiger partial charge in [0.1, 0.15) is 0 Å². The summed E-state index contributed by atoms with van der Waals surface area (Å²) in [7, 11) is 0. The number of carbonyl (C=O) groups excluding carboxylic acids is 1. The zero-order valence-electron chi connectivity index (χ0n) is 9.37.